The van der Waals surface area contributed by atoms with Gasteiger partial charge < -0.3 is 4.74 Å². The van der Waals surface area contributed by atoms with Crippen LogP contribution >= 0.6 is 0 Å². The molecule has 0 N–H and O–H groups in total. The largest absolute Gasteiger partial charge is 0.457 e. The first kappa shape index (κ1) is 37.2. The van der Waals surface area contributed by atoms with Crippen molar-refractivity contribution < 1.29 is 4.74 Å². The Kier molecular flexibility index (Phi) is 8.15. The van der Waals surface area contributed by atoms with E-state index in [1.807, 2.05) is 6.20 Å². The zero-order valence-electron chi connectivity index (χ0n) is 35.9. The summed E-state index contributed by atoms with van der Waals surface area (Å²) >= 11 is 0. The van der Waals surface area contributed by atoms with Crippen LogP contribution in [0.25, 0.3) is 49.9 Å². The van der Waals surface area contributed by atoms with Gasteiger partial charge in [0.1, 0.15) is 17.3 Å². The van der Waals surface area contributed by atoms with Crippen molar-refractivity contribution >= 4 is 44.6 Å². The number of pyridine rings is 1. The number of para-hydroxylation sites is 1. The quantitative estimate of drug-likeness (QED) is 0.0913. The Labute approximate surface area is 358 Å². The van der Waals surface area contributed by atoms with E-state index >= 15 is 0 Å². The molecular weight excluding hydrogens is 745 g/mol. The maximum atomic E-state index is 7.10. The molecule has 4 heterocycles. The molecule has 298 valence electrons. The number of benzene rings is 7. The second kappa shape index (κ2) is 13.4. The highest BCUT2D eigenvalue weighted by molar-refractivity contribution is 6.09. The van der Waals surface area contributed by atoms with Crippen LogP contribution in [-0.4, -0.2) is 9.55 Å². The topological polar surface area (TPSA) is 27.1 Å². The van der Waals surface area contributed by atoms with Crippen molar-refractivity contribution in [3.63, 3.8) is 0 Å². The number of aryl methyl sites for hydroxylation is 4. The van der Waals surface area contributed by atoms with Crippen LogP contribution in [0.4, 0.5) is 22.7 Å². The van der Waals surface area contributed by atoms with Gasteiger partial charge in [0.15, 0.2) is 18.0 Å². The van der Waals surface area contributed by atoms with Gasteiger partial charge in [-0.3, -0.25) is 4.57 Å². The molecule has 5 heteroatoms. The van der Waals surface area contributed by atoms with Crippen LogP contribution in [0.1, 0.15) is 48.6 Å². The molecule has 11 rings (SSSR count). The normalized spacial score (nSPS) is 17.8. The van der Waals surface area contributed by atoms with Crippen molar-refractivity contribution in [3.8, 4) is 39.6 Å². The predicted molar refractivity (Wildman–Crippen MR) is 254 cm³/mol. The molecule has 0 radical (unpaired) electrons. The molecule has 0 aliphatic carbocycles. The summed E-state index contributed by atoms with van der Waals surface area (Å²) in [7, 11) is 0. The van der Waals surface area contributed by atoms with E-state index in [0.717, 1.165) is 45.0 Å². The third kappa shape index (κ3) is 5.57. The van der Waals surface area contributed by atoms with Crippen LogP contribution in [0.2, 0.25) is 0 Å². The van der Waals surface area contributed by atoms with Crippen LogP contribution in [0.5, 0.6) is 11.5 Å². The highest BCUT2D eigenvalue weighted by Gasteiger charge is 2.78. The Morgan fingerprint density at radius 1 is 0.508 bits per heavy atom. The summed E-state index contributed by atoms with van der Waals surface area (Å²) in [5.74, 6) is 2.47. The Balaban J connectivity index is 1.09. The van der Waals surface area contributed by atoms with Gasteiger partial charge in [-0.25, -0.2) is 4.98 Å². The highest BCUT2D eigenvalue weighted by atomic mass is 16.5. The van der Waals surface area contributed by atoms with Crippen LogP contribution in [0, 0.1) is 34.4 Å². The van der Waals surface area contributed by atoms with Crippen molar-refractivity contribution in [2.75, 3.05) is 0 Å². The minimum absolute atomic E-state index is 0.0145. The number of hydrogen-bond donors (Lipinski definition) is 0. The second-order valence-corrected chi connectivity index (χ2v) is 18.1. The molecule has 2 aliphatic heterocycles. The van der Waals surface area contributed by atoms with Gasteiger partial charge in [0.2, 0.25) is 11.4 Å². The zero-order valence-corrected chi connectivity index (χ0v) is 35.9. The zero-order chi connectivity index (χ0) is 41.8. The van der Waals surface area contributed by atoms with E-state index in [9.17, 15) is 0 Å². The van der Waals surface area contributed by atoms with E-state index in [1.165, 1.54) is 67.0 Å². The highest BCUT2D eigenvalue weighted by Crippen LogP contribution is 2.76. The Morgan fingerprint density at radius 3 is 1.92 bits per heavy atom. The van der Waals surface area contributed by atoms with Crippen molar-refractivity contribution in [2.45, 2.75) is 53.9 Å². The molecule has 1 fully saturated rings. The Morgan fingerprint density at radius 2 is 1.16 bits per heavy atom. The van der Waals surface area contributed by atoms with Gasteiger partial charge in [-0.05, 0) is 120 Å². The maximum Gasteiger partial charge on any atom is 0.225 e. The molecule has 5 nitrogen and oxygen atoms in total. The Hall–Kier alpha value is -6.79. The van der Waals surface area contributed by atoms with Crippen LogP contribution in [-0.2, 0) is 5.41 Å². The summed E-state index contributed by atoms with van der Waals surface area (Å²) in [4.78, 5) is 4.93. The van der Waals surface area contributed by atoms with Crippen molar-refractivity contribution in [1.82, 2.24) is 18.7 Å². The van der Waals surface area contributed by atoms with E-state index < -0.39 is 0 Å². The standard InChI is InChI=1S/C56H49N4O/c1-36-15-13-16-37(2)55(36)42-30-45(60-35-59(60,52-27-38(3)39(4)28-53(52)60)44-20-14-19-41(29-44)40-17-9-8-10-18-40)33-47(31-42)61-46-23-24-49-48-21-11-12-22-50(48)58(51(49)34-46)54-32-43(25-26-57-54)56(5,6)7/h8-35H,1-7H3/q+1/t59-,60?/m0/s1. The number of nitrogens with zero attached hydrogens (tertiary/aromatic N) is 4. The molecule has 0 bridgehead atoms. The summed E-state index contributed by atoms with van der Waals surface area (Å²) in [5.41, 5.74) is 18.3. The van der Waals surface area contributed by atoms with Crippen LogP contribution in [0.3, 0.4) is 0 Å². The van der Waals surface area contributed by atoms with Gasteiger partial charge >= 0.3 is 0 Å². The van der Waals surface area contributed by atoms with E-state index in [1.54, 1.807) is 0 Å². The first-order valence-corrected chi connectivity index (χ1v) is 21.3. The number of aromatic nitrogens is 2. The molecule has 7 aromatic carbocycles. The summed E-state index contributed by atoms with van der Waals surface area (Å²) in [6.45, 7) is 18.1. The lowest BCUT2D eigenvalue weighted by molar-refractivity contribution is 0.423. The molecule has 0 saturated carbocycles. The van der Waals surface area contributed by atoms with Gasteiger partial charge in [-0.1, -0.05) is 99.6 Å². The fraction of sp³-hybridized carbons (Fsp3) is 0.143. The molecule has 0 amide bonds. The van der Waals surface area contributed by atoms with Crippen molar-refractivity contribution in [1.29, 1.82) is 0 Å². The van der Waals surface area contributed by atoms with Crippen LogP contribution < -0.4 is 13.9 Å². The predicted octanol–water partition coefficient (Wildman–Crippen LogP) is 15.2. The van der Waals surface area contributed by atoms with Gasteiger partial charge in [0.25, 0.3) is 0 Å². The molecule has 2 atom stereocenters. The van der Waals surface area contributed by atoms with E-state index in [2.05, 4.69) is 217 Å². The lowest BCUT2D eigenvalue weighted by Gasteiger charge is -2.40. The van der Waals surface area contributed by atoms with Crippen molar-refractivity contribution in [3.05, 3.63) is 198 Å². The Bertz CT molecular complexity index is 3230. The first-order chi connectivity index (χ1) is 29.5. The maximum absolute atomic E-state index is 7.10. The van der Waals surface area contributed by atoms with E-state index in [0.29, 0.717) is 9.18 Å². The van der Waals surface area contributed by atoms with E-state index in [4.69, 9.17) is 9.72 Å². The molecule has 0 spiro atoms. The fourth-order valence-electron chi connectivity index (χ4n) is 9.93. The van der Waals surface area contributed by atoms with Gasteiger partial charge in [-0.2, -0.15) is 9.18 Å². The summed E-state index contributed by atoms with van der Waals surface area (Å²) in [5, 5.41) is 2.35. The van der Waals surface area contributed by atoms with Gasteiger partial charge in [-0.15, -0.1) is 0 Å². The van der Waals surface area contributed by atoms with E-state index in [-0.39, 0.29) is 5.41 Å². The number of fused-ring (bicyclic) bond motifs is 7. The van der Waals surface area contributed by atoms with Crippen LogP contribution in [0.15, 0.2) is 164 Å². The molecule has 1 saturated heterocycles. The molecule has 2 aliphatic rings. The number of quaternary nitrogens is 2. The second-order valence-electron chi connectivity index (χ2n) is 18.1. The number of rotatable bonds is 7. The third-order valence-corrected chi connectivity index (χ3v) is 13.2. The number of ether oxygens (including phenoxy) is 1. The SMILES string of the molecule is Cc1cc2c(cc1C)[N@@+]1(c3cccc(-c4ccccc4)c3)[CH-][N+]21c1cc(Oc2ccc3c4ccccc4n(-c4cc(C(C)(C)C)ccn4)c3c2)cc(-c2c(C)cccc2C)c1. The van der Waals surface area contributed by atoms with Gasteiger partial charge in [0, 0.05) is 59.4 Å². The third-order valence-electron chi connectivity index (χ3n) is 13.2. The molecule has 1 unspecified atom stereocenters. The smallest absolute Gasteiger partial charge is 0.225 e. The number of hydrogen-bond acceptors (Lipinski definition) is 2. The lowest BCUT2D eigenvalue weighted by Crippen LogP contribution is -2.46. The van der Waals surface area contributed by atoms with Crippen molar-refractivity contribution in [2.24, 2.45) is 0 Å². The lowest BCUT2D eigenvalue weighted by atomic mass is 9.88. The summed E-state index contributed by atoms with van der Waals surface area (Å²) in [6.07, 6.45) is 1.93. The monoisotopic (exact) mass is 793 g/mol. The molecule has 2 aromatic heterocycles. The minimum atomic E-state index is -0.0145. The molecular formula is C56H49N4O+. The fourth-order valence-corrected chi connectivity index (χ4v) is 9.93. The first-order valence-electron chi connectivity index (χ1n) is 21.3. The van der Waals surface area contributed by atoms with Gasteiger partial charge in [0.05, 0.1) is 11.0 Å². The molecule has 9 aromatic rings. The summed E-state index contributed by atoms with van der Waals surface area (Å²) in [6, 6.07) is 57.5. The average molecular weight is 794 g/mol. The summed E-state index contributed by atoms with van der Waals surface area (Å²) < 4.78 is 10.6. The minimum Gasteiger partial charge on any atom is -0.457 e. The molecule has 61 heavy (non-hydrogen) atoms. The average Bonchev–Trinajstić information content (AvgIpc) is 3.77.